The van der Waals surface area contributed by atoms with Crippen molar-refractivity contribution in [3.05, 3.63) is 102 Å². The Hall–Kier alpha value is -2.94. The predicted octanol–water partition coefficient (Wildman–Crippen LogP) is 4.67. The Bertz CT molecular complexity index is 875. The van der Waals surface area contributed by atoms with Gasteiger partial charge in [-0.05, 0) is 36.6 Å². The van der Waals surface area contributed by atoms with Gasteiger partial charge < -0.3 is 5.32 Å². The highest BCUT2D eigenvalue weighted by Crippen LogP contribution is 2.41. The summed E-state index contributed by atoms with van der Waals surface area (Å²) in [6.45, 7) is 2.25. The van der Waals surface area contributed by atoms with Crippen LogP contribution in [0.3, 0.4) is 0 Å². The standard InChI is InChI=1S/C23H23N3/c1-23(19-12-6-3-7-13-19)22(18-10-4-2-5-11-18)25-21(26-23)16-15-20-14-8-9-17-24-20/h2-14,17,22H,15-16H2,1H3,(H,25,26)/t22-,23+/m1/s1. The van der Waals surface area contributed by atoms with Gasteiger partial charge in [-0.3, -0.25) is 9.98 Å². The molecular weight excluding hydrogens is 318 g/mol. The molecule has 0 aliphatic carbocycles. The monoisotopic (exact) mass is 341 g/mol. The SMILES string of the molecule is C[C@@]1(c2ccccc2)NC(CCc2ccccn2)=N[C@@H]1c1ccccc1. The summed E-state index contributed by atoms with van der Waals surface area (Å²) in [5, 5.41) is 3.72. The molecule has 0 spiro atoms. The first-order valence-electron chi connectivity index (χ1n) is 9.11. The van der Waals surface area contributed by atoms with Gasteiger partial charge in [-0.25, -0.2) is 0 Å². The lowest BCUT2D eigenvalue weighted by Gasteiger charge is -2.32. The number of aliphatic imine (C=N–C) groups is 1. The number of nitrogens with zero attached hydrogens (tertiary/aromatic N) is 2. The van der Waals surface area contributed by atoms with Crippen molar-refractivity contribution in [3.63, 3.8) is 0 Å². The minimum atomic E-state index is -0.248. The number of benzene rings is 2. The summed E-state index contributed by atoms with van der Waals surface area (Å²) in [5.41, 5.74) is 3.34. The van der Waals surface area contributed by atoms with Crippen molar-refractivity contribution in [1.29, 1.82) is 0 Å². The summed E-state index contributed by atoms with van der Waals surface area (Å²) in [7, 11) is 0. The van der Waals surface area contributed by atoms with Crippen LogP contribution in [-0.2, 0) is 12.0 Å². The van der Waals surface area contributed by atoms with E-state index in [1.54, 1.807) is 0 Å². The van der Waals surface area contributed by atoms with Crippen LogP contribution >= 0.6 is 0 Å². The highest BCUT2D eigenvalue weighted by atomic mass is 15.2. The molecular formula is C23H23N3. The molecule has 2 atom stereocenters. The smallest absolute Gasteiger partial charge is 0.104 e. The molecule has 1 aliphatic rings. The first-order chi connectivity index (χ1) is 12.8. The van der Waals surface area contributed by atoms with Gasteiger partial charge in [0.2, 0.25) is 0 Å². The van der Waals surface area contributed by atoms with Crippen molar-refractivity contribution in [2.45, 2.75) is 31.3 Å². The third-order valence-corrected chi connectivity index (χ3v) is 5.07. The molecule has 0 saturated heterocycles. The predicted molar refractivity (Wildman–Crippen MR) is 106 cm³/mol. The second-order valence-electron chi connectivity index (χ2n) is 6.90. The quantitative estimate of drug-likeness (QED) is 0.732. The molecule has 130 valence electrons. The average molecular weight is 341 g/mol. The lowest BCUT2D eigenvalue weighted by molar-refractivity contribution is 0.385. The van der Waals surface area contributed by atoms with Crippen molar-refractivity contribution in [2.24, 2.45) is 4.99 Å². The Morgan fingerprint density at radius 1 is 0.846 bits per heavy atom. The lowest BCUT2D eigenvalue weighted by atomic mass is 9.82. The number of rotatable bonds is 5. The van der Waals surface area contributed by atoms with Crippen LogP contribution in [-0.4, -0.2) is 10.8 Å². The third-order valence-electron chi connectivity index (χ3n) is 5.07. The molecule has 0 saturated carbocycles. The highest BCUT2D eigenvalue weighted by molar-refractivity contribution is 5.86. The van der Waals surface area contributed by atoms with Crippen LogP contribution in [0.4, 0.5) is 0 Å². The van der Waals surface area contributed by atoms with Crippen LogP contribution < -0.4 is 5.32 Å². The second kappa shape index (κ2) is 7.12. The zero-order valence-corrected chi connectivity index (χ0v) is 15.0. The van der Waals surface area contributed by atoms with Crippen molar-refractivity contribution >= 4 is 5.84 Å². The molecule has 1 aromatic heterocycles. The van der Waals surface area contributed by atoms with Gasteiger partial charge in [0.05, 0.1) is 11.4 Å². The molecule has 3 heteroatoms. The van der Waals surface area contributed by atoms with Crippen LogP contribution in [0.5, 0.6) is 0 Å². The van der Waals surface area contributed by atoms with E-state index in [0.717, 1.165) is 24.4 Å². The van der Waals surface area contributed by atoms with Gasteiger partial charge in [0.15, 0.2) is 0 Å². The molecule has 0 amide bonds. The maximum absolute atomic E-state index is 5.08. The second-order valence-corrected chi connectivity index (χ2v) is 6.90. The highest BCUT2D eigenvalue weighted by Gasteiger charge is 2.42. The number of pyridine rings is 1. The molecule has 1 N–H and O–H groups in total. The Morgan fingerprint density at radius 3 is 2.23 bits per heavy atom. The minimum absolute atomic E-state index is 0.0600. The fraction of sp³-hybridized carbons (Fsp3) is 0.217. The molecule has 3 nitrogen and oxygen atoms in total. The van der Waals surface area contributed by atoms with E-state index in [1.165, 1.54) is 11.1 Å². The average Bonchev–Trinajstić information content (AvgIpc) is 3.06. The van der Waals surface area contributed by atoms with E-state index >= 15 is 0 Å². The van der Waals surface area contributed by atoms with Crippen LogP contribution in [0, 0.1) is 0 Å². The largest absolute Gasteiger partial charge is 0.362 e. The molecule has 0 radical (unpaired) electrons. The number of amidine groups is 1. The minimum Gasteiger partial charge on any atom is -0.362 e. The Morgan fingerprint density at radius 2 is 1.54 bits per heavy atom. The van der Waals surface area contributed by atoms with E-state index in [1.807, 2.05) is 18.3 Å². The summed E-state index contributed by atoms with van der Waals surface area (Å²) in [4.78, 5) is 9.51. The fourth-order valence-electron chi connectivity index (χ4n) is 3.66. The molecule has 3 aromatic rings. The summed E-state index contributed by atoms with van der Waals surface area (Å²) in [6, 6.07) is 27.3. The molecule has 0 unspecified atom stereocenters. The fourth-order valence-corrected chi connectivity index (χ4v) is 3.66. The molecule has 0 fully saturated rings. The summed E-state index contributed by atoms with van der Waals surface area (Å²) >= 11 is 0. The van der Waals surface area contributed by atoms with Gasteiger partial charge in [-0.1, -0.05) is 66.7 Å². The third kappa shape index (κ3) is 3.25. The molecule has 1 aliphatic heterocycles. The summed E-state index contributed by atoms with van der Waals surface area (Å²) < 4.78 is 0. The normalized spacial score (nSPS) is 21.9. The van der Waals surface area contributed by atoms with E-state index in [0.29, 0.717) is 0 Å². The van der Waals surface area contributed by atoms with Crippen molar-refractivity contribution in [1.82, 2.24) is 10.3 Å². The van der Waals surface area contributed by atoms with Gasteiger partial charge >= 0.3 is 0 Å². The summed E-state index contributed by atoms with van der Waals surface area (Å²) in [6.07, 6.45) is 3.60. The zero-order chi connectivity index (χ0) is 17.8. The van der Waals surface area contributed by atoms with Gasteiger partial charge in [0, 0.05) is 18.3 Å². The molecule has 4 rings (SSSR count). The molecule has 2 heterocycles. The lowest BCUT2D eigenvalue weighted by Crippen LogP contribution is -2.41. The van der Waals surface area contributed by atoms with E-state index in [9.17, 15) is 0 Å². The molecule has 26 heavy (non-hydrogen) atoms. The van der Waals surface area contributed by atoms with Crippen LogP contribution in [0.15, 0.2) is 90.1 Å². The number of aryl methyl sites for hydroxylation is 1. The van der Waals surface area contributed by atoms with Crippen LogP contribution in [0.25, 0.3) is 0 Å². The van der Waals surface area contributed by atoms with E-state index in [4.69, 9.17) is 4.99 Å². The van der Waals surface area contributed by atoms with E-state index in [-0.39, 0.29) is 11.6 Å². The zero-order valence-electron chi connectivity index (χ0n) is 15.0. The molecule has 2 aromatic carbocycles. The van der Waals surface area contributed by atoms with Crippen molar-refractivity contribution in [3.8, 4) is 0 Å². The van der Waals surface area contributed by atoms with Gasteiger partial charge in [-0.2, -0.15) is 0 Å². The van der Waals surface area contributed by atoms with Gasteiger partial charge in [0.1, 0.15) is 6.04 Å². The van der Waals surface area contributed by atoms with Gasteiger partial charge in [0.25, 0.3) is 0 Å². The Balaban J connectivity index is 1.63. The number of aromatic nitrogens is 1. The van der Waals surface area contributed by atoms with Gasteiger partial charge in [-0.15, -0.1) is 0 Å². The first-order valence-corrected chi connectivity index (χ1v) is 9.11. The number of hydrogen-bond acceptors (Lipinski definition) is 3. The topological polar surface area (TPSA) is 37.3 Å². The number of nitrogens with one attached hydrogen (secondary N) is 1. The van der Waals surface area contributed by atoms with E-state index in [2.05, 4.69) is 84.0 Å². The maximum Gasteiger partial charge on any atom is 0.104 e. The maximum atomic E-state index is 5.08. The Kier molecular flexibility index (Phi) is 4.53. The van der Waals surface area contributed by atoms with Crippen LogP contribution in [0.2, 0.25) is 0 Å². The van der Waals surface area contributed by atoms with E-state index < -0.39 is 0 Å². The summed E-state index contributed by atoms with van der Waals surface area (Å²) in [5.74, 6) is 1.05. The first kappa shape index (κ1) is 16.5. The molecule has 0 bridgehead atoms. The Labute approximate surface area is 154 Å². The number of hydrogen-bond donors (Lipinski definition) is 1. The van der Waals surface area contributed by atoms with Crippen molar-refractivity contribution in [2.75, 3.05) is 0 Å². The van der Waals surface area contributed by atoms with Crippen molar-refractivity contribution < 1.29 is 0 Å². The van der Waals surface area contributed by atoms with Crippen LogP contribution in [0.1, 0.15) is 36.2 Å².